The molecular formula is C19H17ClN4O3S. The van der Waals surface area contributed by atoms with Crippen LogP contribution in [0.25, 0.3) is 10.2 Å². The third kappa shape index (κ3) is 3.29. The van der Waals surface area contributed by atoms with E-state index >= 15 is 0 Å². The number of nitrogens with zero attached hydrogens (tertiary/aromatic N) is 3. The van der Waals surface area contributed by atoms with E-state index in [0.29, 0.717) is 57.4 Å². The third-order valence-electron chi connectivity index (χ3n) is 4.87. The fourth-order valence-corrected chi connectivity index (χ4v) is 4.56. The van der Waals surface area contributed by atoms with Gasteiger partial charge < -0.3 is 14.8 Å². The van der Waals surface area contributed by atoms with Gasteiger partial charge in [-0.2, -0.15) is 0 Å². The molecule has 2 aromatic heterocycles. The summed E-state index contributed by atoms with van der Waals surface area (Å²) in [6.07, 6.45) is 1.34. The van der Waals surface area contributed by atoms with Crippen LogP contribution in [0.2, 0.25) is 5.02 Å². The van der Waals surface area contributed by atoms with Gasteiger partial charge in [-0.1, -0.05) is 11.6 Å². The number of aromatic nitrogens is 2. The van der Waals surface area contributed by atoms with Crippen molar-refractivity contribution in [1.82, 2.24) is 19.8 Å². The summed E-state index contributed by atoms with van der Waals surface area (Å²) in [5, 5.41) is 1.05. The van der Waals surface area contributed by atoms with Gasteiger partial charge in [-0.15, -0.1) is 11.3 Å². The molecule has 4 rings (SSSR count). The molecule has 0 unspecified atom stereocenters. The number of thiophene rings is 1. The van der Waals surface area contributed by atoms with Crippen molar-refractivity contribution in [3.05, 3.63) is 62.0 Å². The van der Waals surface area contributed by atoms with Gasteiger partial charge in [0.15, 0.2) is 0 Å². The highest BCUT2D eigenvalue weighted by molar-refractivity contribution is 7.20. The van der Waals surface area contributed by atoms with Crippen molar-refractivity contribution in [3.63, 3.8) is 0 Å². The Labute approximate surface area is 169 Å². The van der Waals surface area contributed by atoms with Crippen molar-refractivity contribution in [3.8, 4) is 0 Å². The molecule has 1 aromatic carbocycles. The number of carbonyl (C=O) groups is 2. The number of hydrogen-bond donors (Lipinski definition) is 1. The second-order valence-electron chi connectivity index (χ2n) is 6.56. The molecule has 0 radical (unpaired) electrons. The topological polar surface area (TPSA) is 86.4 Å². The van der Waals surface area contributed by atoms with Gasteiger partial charge in [0.05, 0.1) is 16.6 Å². The summed E-state index contributed by atoms with van der Waals surface area (Å²) in [5.74, 6) is -0.198. The number of piperazine rings is 1. The Morgan fingerprint density at radius 3 is 2.29 bits per heavy atom. The molecule has 3 heterocycles. The van der Waals surface area contributed by atoms with Crippen molar-refractivity contribution < 1.29 is 9.59 Å². The Bertz CT molecular complexity index is 1110. The molecule has 0 spiro atoms. The van der Waals surface area contributed by atoms with Gasteiger partial charge >= 0.3 is 0 Å². The first-order valence-corrected chi connectivity index (χ1v) is 9.96. The van der Waals surface area contributed by atoms with Crippen LogP contribution in [-0.4, -0.2) is 57.8 Å². The maximum Gasteiger partial charge on any atom is 0.264 e. The van der Waals surface area contributed by atoms with Gasteiger partial charge in [-0.3, -0.25) is 14.4 Å². The van der Waals surface area contributed by atoms with Crippen LogP contribution in [0.5, 0.6) is 0 Å². The Morgan fingerprint density at radius 2 is 1.68 bits per heavy atom. The van der Waals surface area contributed by atoms with E-state index in [1.54, 1.807) is 41.0 Å². The monoisotopic (exact) mass is 416 g/mol. The average molecular weight is 417 g/mol. The number of aromatic amines is 1. The highest BCUT2D eigenvalue weighted by Crippen LogP contribution is 2.28. The Balaban J connectivity index is 1.48. The highest BCUT2D eigenvalue weighted by Gasteiger charge is 2.28. The van der Waals surface area contributed by atoms with Gasteiger partial charge in [0.1, 0.15) is 4.83 Å². The molecule has 7 nitrogen and oxygen atoms in total. The number of benzene rings is 1. The summed E-state index contributed by atoms with van der Waals surface area (Å²) >= 11 is 7.10. The Morgan fingerprint density at radius 1 is 1.07 bits per heavy atom. The molecule has 0 bridgehead atoms. The lowest BCUT2D eigenvalue weighted by atomic mass is 10.1. The van der Waals surface area contributed by atoms with Crippen molar-refractivity contribution in [2.45, 2.75) is 6.92 Å². The lowest BCUT2D eigenvalue weighted by Crippen LogP contribution is -2.50. The summed E-state index contributed by atoms with van der Waals surface area (Å²) in [6.45, 7) is 3.56. The fourth-order valence-electron chi connectivity index (χ4n) is 3.31. The summed E-state index contributed by atoms with van der Waals surface area (Å²) < 4.78 is 0. The van der Waals surface area contributed by atoms with Crippen LogP contribution in [0, 0.1) is 6.92 Å². The quantitative estimate of drug-likeness (QED) is 0.695. The molecule has 1 saturated heterocycles. The van der Waals surface area contributed by atoms with E-state index in [1.165, 1.54) is 17.7 Å². The molecule has 144 valence electrons. The SMILES string of the molecule is Cc1c(C(=O)N2CCN(C(=O)c3ccc(Cl)cc3)CC2)sc2nc[nH]c(=O)c12. The van der Waals surface area contributed by atoms with Crippen LogP contribution >= 0.6 is 22.9 Å². The summed E-state index contributed by atoms with van der Waals surface area (Å²) in [4.78, 5) is 48.8. The largest absolute Gasteiger partial charge is 0.335 e. The van der Waals surface area contributed by atoms with Crippen LogP contribution in [0.1, 0.15) is 25.6 Å². The third-order valence-corrected chi connectivity index (χ3v) is 6.31. The molecule has 3 aromatic rings. The first kappa shape index (κ1) is 18.6. The molecular weight excluding hydrogens is 400 g/mol. The van der Waals surface area contributed by atoms with E-state index < -0.39 is 0 Å². The predicted molar refractivity (Wildman–Crippen MR) is 108 cm³/mol. The second-order valence-corrected chi connectivity index (χ2v) is 7.99. The van der Waals surface area contributed by atoms with E-state index in [2.05, 4.69) is 9.97 Å². The zero-order valence-electron chi connectivity index (χ0n) is 15.1. The molecule has 1 N–H and O–H groups in total. The molecule has 0 atom stereocenters. The van der Waals surface area contributed by atoms with E-state index in [-0.39, 0.29) is 17.4 Å². The first-order chi connectivity index (χ1) is 13.5. The molecule has 0 saturated carbocycles. The van der Waals surface area contributed by atoms with Gasteiger partial charge in [0.25, 0.3) is 17.4 Å². The van der Waals surface area contributed by atoms with Gasteiger partial charge in [0, 0.05) is 36.8 Å². The standard InChI is InChI=1S/C19H17ClN4O3S/c1-11-14-16(25)21-10-22-17(14)28-15(11)19(27)24-8-6-23(7-9-24)18(26)12-2-4-13(20)5-3-12/h2-5,10H,6-9H2,1H3,(H,21,22,25). The maximum atomic E-state index is 13.0. The van der Waals surface area contributed by atoms with Gasteiger partial charge in [-0.05, 0) is 36.8 Å². The van der Waals surface area contributed by atoms with E-state index in [9.17, 15) is 14.4 Å². The van der Waals surface area contributed by atoms with Gasteiger partial charge in [-0.25, -0.2) is 4.98 Å². The van der Waals surface area contributed by atoms with E-state index in [0.717, 1.165) is 0 Å². The minimum atomic E-state index is -0.240. The van der Waals surface area contributed by atoms with Crippen molar-refractivity contribution in [2.24, 2.45) is 0 Å². The lowest BCUT2D eigenvalue weighted by molar-refractivity contribution is 0.0538. The molecule has 1 aliphatic heterocycles. The van der Waals surface area contributed by atoms with Crippen LogP contribution in [-0.2, 0) is 0 Å². The molecule has 9 heteroatoms. The highest BCUT2D eigenvalue weighted by atomic mass is 35.5. The second kappa shape index (κ2) is 7.37. The number of nitrogens with one attached hydrogen (secondary N) is 1. The predicted octanol–water partition coefficient (Wildman–Crippen LogP) is 2.54. The van der Waals surface area contributed by atoms with Crippen molar-refractivity contribution >= 4 is 45.0 Å². The molecule has 1 fully saturated rings. The average Bonchev–Trinajstić information content (AvgIpc) is 3.05. The number of H-pyrrole nitrogens is 1. The van der Waals surface area contributed by atoms with Crippen molar-refractivity contribution in [2.75, 3.05) is 26.2 Å². The fraction of sp³-hybridized carbons (Fsp3) is 0.263. The van der Waals surface area contributed by atoms with Crippen LogP contribution in [0.4, 0.5) is 0 Å². The van der Waals surface area contributed by atoms with Gasteiger partial charge in [0.2, 0.25) is 0 Å². The summed E-state index contributed by atoms with van der Waals surface area (Å²) in [7, 11) is 0. The van der Waals surface area contributed by atoms with Crippen LogP contribution < -0.4 is 5.56 Å². The normalized spacial score (nSPS) is 14.5. The Kier molecular flexibility index (Phi) is 4.91. The first-order valence-electron chi connectivity index (χ1n) is 8.76. The number of rotatable bonds is 2. The molecule has 28 heavy (non-hydrogen) atoms. The number of carbonyl (C=O) groups excluding carboxylic acids is 2. The number of hydrogen-bond acceptors (Lipinski definition) is 5. The Hall–Kier alpha value is -2.71. The van der Waals surface area contributed by atoms with Crippen LogP contribution in [0.15, 0.2) is 35.4 Å². The zero-order chi connectivity index (χ0) is 19.8. The summed E-state index contributed by atoms with van der Waals surface area (Å²) in [5.41, 5.74) is 0.991. The smallest absolute Gasteiger partial charge is 0.264 e. The van der Waals surface area contributed by atoms with E-state index in [1.807, 2.05) is 0 Å². The minimum Gasteiger partial charge on any atom is -0.335 e. The maximum absolute atomic E-state index is 13.0. The molecule has 2 amide bonds. The summed E-state index contributed by atoms with van der Waals surface area (Å²) in [6, 6.07) is 6.78. The van der Waals surface area contributed by atoms with E-state index in [4.69, 9.17) is 11.6 Å². The number of halogens is 1. The minimum absolute atomic E-state index is 0.0717. The number of fused-ring (bicyclic) bond motifs is 1. The number of amides is 2. The zero-order valence-corrected chi connectivity index (χ0v) is 16.6. The van der Waals surface area contributed by atoms with Crippen LogP contribution in [0.3, 0.4) is 0 Å². The molecule has 1 aliphatic rings. The molecule has 0 aliphatic carbocycles. The van der Waals surface area contributed by atoms with Crippen molar-refractivity contribution in [1.29, 1.82) is 0 Å². The lowest BCUT2D eigenvalue weighted by Gasteiger charge is -2.34. The number of aryl methyl sites for hydroxylation is 1.